The lowest BCUT2D eigenvalue weighted by molar-refractivity contribution is -0.660. The van der Waals surface area contributed by atoms with Crippen LogP contribution in [0.1, 0.15) is 5.76 Å². The Morgan fingerprint density at radius 2 is 1.97 bits per heavy atom. The van der Waals surface area contributed by atoms with Gasteiger partial charge in [0.2, 0.25) is 10.8 Å². The summed E-state index contributed by atoms with van der Waals surface area (Å²) in [5, 5.41) is 23.5. The lowest BCUT2D eigenvalue weighted by Gasteiger charge is -2.00. The molecule has 35 heavy (non-hydrogen) atoms. The van der Waals surface area contributed by atoms with E-state index < -0.39 is 5.95 Å². The summed E-state index contributed by atoms with van der Waals surface area (Å²) in [4.78, 5) is 4.42. The van der Waals surface area contributed by atoms with E-state index in [0.29, 0.717) is 43.8 Å². The molecular formula is C23H15Cl2N5O4S. The lowest BCUT2D eigenvalue weighted by atomic mass is 10.2. The molecule has 9 nitrogen and oxygen atoms in total. The molecule has 0 radical (unpaired) electrons. The number of rotatable bonds is 7. The fourth-order valence-electron chi connectivity index (χ4n) is 3.20. The smallest absolute Gasteiger partial charge is 0.289 e. The van der Waals surface area contributed by atoms with Crippen LogP contribution < -0.4 is 20.0 Å². The molecule has 176 valence electrons. The molecule has 0 bridgehead atoms. The molecule has 5 rings (SSSR count). The van der Waals surface area contributed by atoms with Gasteiger partial charge in [0.25, 0.3) is 5.69 Å². The van der Waals surface area contributed by atoms with Crippen molar-refractivity contribution in [2.24, 2.45) is 5.10 Å². The average Bonchev–Trinajstić information content (AvgIpc) is 3.59. The number of nitrogens with zero attached hydrogens (tertiary/aromatic N) is 4. The van der Waals surface area contributed by atoms with Crippen LogP contribution in [0.4, 0.5) is 5.13 Å². The maximum Gasteiger partial charge on any atom is 0.289 e. The summed E-state index contributed by atoms with van der Waals surface area (Å²) in [7, 11) is 1.58. The summed E-state index contributed by atoms with van der Waals surface area (Å²) >= 11 is 13.5. The second-order valence-electron chi connectivity index (χ2n) is 7.05. The van der Waals surface area contributed by atoms with Gasteiger partial charge >= 0.3 is 0 Å². The quantitative estimate of drug-likeness (QED) is 0.176. The summed E-state index contributed by atoms with van der Waals surface area (Å²) in [6, 6.07) is 15.8. The van der Waals surface area contributed by atoms with Crippen LogP contribution in [-0.2, 0) is 0 Å². The number of nitrogens with one attached hydrogen (secondary N) is 1. The standard InChI is InChI=1S/C23H15Cl2N5O4S/c1-32-15-5-3-14(4-6-15)30-21(22(31)34-29-30)19-12-35-23(27-19)28-26-11-16-7-9-20(33-16)17-8-2-13(24)10-18(17)25/h2-12H,1H3,(H-,27,28,29,31)/b26-11+. The number of aromatic nitrogens is 3. The highest BCUT2D eigenvalue weighted by atomic mass is 35.5. The SMILES string of the molecule is COc1ccc(-[n+]2noc([O-])c2-c2csc(N/N=C/c3ccc(-c4ccc(Cl)cc4Cl)o3)n2)cc1. The molecule has 0 amide bonds. The first-order valence-corrected chi connectivity index (χ1v) is 11.7. The maximum atomic E-state index is 12.3. The van der Waals surface area contributed by atoms with Crippen molar-refractivity contribution in [1.29, 1.82) is 0 Å². The highest BCUT2D eigenvalue weighted by Crippen LogP contribution is 2.31. The topological polar surface area (TPSA) is 113 Å². The van der Waals surface area contributed by atoms with Crippen LogP contribution in [0.2, 0.25) is 10.0 Å². The van der Waals surface area contributed by atoms with Crippen LogP contribution in [0, 0.1) is 0 Å². The maximum absolute atomic E-state index is 12.3. The van der Waals surface area contributed by atoms with Crippen molar-refractivity contribution >= 4 is 45.9 Å². The number of benzene rings is 2. The fourth-order valence-corrected chi connectivity index (χ4v) is 4.35. The lowest BCUT2D eigenvalue weighted by Crippen LogP contribution is -2.34. The number of halogens is 2. The third kappa shape index (κ3) is 4.85. The minimum atomic E-state index is -0.606. The molecule has 0 atom stereocenters. The van der Waals surface area contributed by atoms with Gasteiger partial charge in [0.05, 0.1) is 23.6 Å². The minimum absolute atomic E-state index is 0.193. The first-order chi connectivity index (χ1) is 17.0. The van der Waals surface area contributed by atoms with E-state index in [1.165, 1.54) is 22.2 Å². The van der Waals surface area contributed by atoms with Crippen LogP contribution in [0.3, 0.4) is 0 Å². The molecule has 0 fully saturated rings. The Hall–Kier alpha value is -3.86. The Morgan fingerprint density at radius 3 is 2.74 bits per heavy atom. The minimum Gasteiger partial charge on any atom is -0.539 e. The third-order valence-electron chi connectivity index (χ3n) is 4.85. The van der Waals surface area contributed by atoms with Gasteiger partial charge in [-0.15, -0.1) is 11.3 Å². The largest absolute Gasteiger partial charge is 0.539 e. The second kappa shape index (κ2) is 9.79. The van der Waals surface area contributed by atoms with Crippen LogP contribution in [-0.4, -0.2) is 23.6 Å². The molecule has 1 N–H and O–H groups in total. The molecule has 0 saturated carbocycles. The van der Waals surface area contributed by atoms with Gasteiger partial charge in [-0.3, -0.25) is 5.43 Å². The second-order valence-corrected chi connectivity index (χ2v) is 8.75. The van der Waals surface area contributed by atoms with E-state index in [0.717, 1.165) is 5.56 Å². The molecule has 0 spiro atoms. The molecule has 0 aliphatic carbocycles. The van der Waals surface area contributed by atoms with Crippen molar-refractivity contribution in [2.45, 2.75) is 0 Å². The Morgan fingerprint density at radius 1 is 1.14 bits per heavy atom. The fraction of sp³-hybridized carbons (Fsp3) is 0.0435. The number of hydrazone groups is 1. The van der Waals surface area contributed by atoms with E-state index in [1.54, 1.807) is 67.1 Å². The molecule has 2 aromatic carbocycles. The van der Waals surface area contributed by atoms with E-state index in [1.807, 2.05) is 0 Å². The van der Waals surface area contributed by atoms with E-state index in [-0.39, 0.29) is 5.69 Å². The third-order valence-corrected chi connectivity index (χ3v) is 6.14. The number of hydrogen-bond acceptors (Lipinski definition) is 9. The zero-order valence-electron chi connectivity index (χ0n) is 17.9. The normalized spacial score (nSPS) is 11.3. The van der Waals surface area contributed by atoms with Crippen molar-refractivity contribution in [3.8, 4) is 40.1 Å². The molecule has 3 aromatic heterocycles. The van der Waals surface area contributed by atoms with E-state index in [9.17, 15) is 5.11 Å². The number of thiazole rings is 1. The Bertz CT molecular complexity index is 1510. The van der Waals surface area contributed by atoms with Crippen LogP contribution in [0.15, 0.2) is 74.0 Å². The predicted octanol–water partition coefficient (Wildman–Crippen LogP) is 5.17. The number of methoxy groups -OCH3 is 1. The summed E-state index contributed by atoms with van der Waals surface area (Å²) in [6.07, 6.45) is 1.50. The monoisotopic (exact) mass is 527 g/mol. The molecule has 0 saturated heterocycles. The summed E-state index contributed by atoms with van der Waals surface area (Å²) in [5.74, 6) is 1.17. The van der Waals surface area contributed by atoms with Crippen LogP contribution in [0.25, 0.3) is 28.4 Å². The van der Waals surface area contributed by atoms with Crippen molar-refractivity contribution < 1.29 is 23.5 Å². The number of furan rings is 1. The van der Waals surface area contributed by atoms with E-state index in [2.05, 4.69) is 20.8 Å². The Labute approximate surface area is 212 Å². The molecule has 0 unspecified atom stereocenters. The van der Waals surface area contributed by atoms with Gasteiger partial charge in [0.15, 0.2) is 11.6 Å². The highest BCUT2D eigenvalue weighted by Gasteiger charge is 2.25. The molecule has 0 aliphatic rings. The number of ether oxygens (including phenoxy) is 1. The Kier molecular flexibility index (Phi) is 6.41. The molecule has 0 aliphatic heterocycles. The van der Waals surface area contributed by atoms with Gasteiger partial charge in [0.1, 0.15) is 17.3 Å². The molecule has 5 aromatic rings. The molecule has 3 heterocycles. The van der Waals surface area contributed by atoms with Gasteiger partial charge in [-0.05, 0) is 47.1 Å². The van der Waals surface area contributed by atoms with Gasteiger partial charge in [-0.1, -0.05) is 23.2 Å². The summed E-state index contributed by atoms with van der Waals surface area (Å²) < 4.78 is 17.2. The Balaban J connectivity index is 1.31. The van der Waals surface area contributed by atoms with E-state index >= 15 is 0 Å². The van der Waals surface area contributed by atoms with Gasteiger partial charge in [-0.25, -0.2) is 4.98 Å². The zero-order chi connectivity index (χ0) is 24.4. The van der Waals surface area contributed by atoms with Gasteiger partial charge in [0, 0.05) is 28.1 Å². The first-order valence-electron chi connectivity index (χ1n) is 10.1. The number of anilines is 1. The highest BCUT2D eigenvalue weighted by molar-refractivity contribution is 7.14. The van der Waals surface area contributed by atoms with Crippen LogP contribution in [0.5, 0.6) is 11.7 Å². The summed E-state index contributed by atoms with van der Waals surface area (Å²) in [5.41, 5.74) is 4.77. The van der Waals surface area contributed by atoms with Crippen molar-refractivity contribution in [2.75, 3.05) is 12.5 Å². The molecular weight excluding hydrogens is 513 g/mol. The summed E-state index contributed by atoms with van der Waals surface area (Å²) in [6.45, 7) is 0. The van der Waals surface area contributed by atoms with Crippen molar-refractivity contribution in [3.05, 3.63) is 75.8 Å². The first kappa shape index (κ1) is 22.9. The zero-order valence-corrected chi connectivity index (χ0v) is 20.3. The number of hydrogen-bond donors (Lipinski definition) is 1. The van der Waals surface area contributed by atoms with Crippen molar-refractivity contribution in [3.63, 3.8) is 0 Å². The predicted molar refractivity (Wildman–Crippen MR) is 131 cm³/mol. The molecule has 12 heteroatoms. The van der Waals surface area contributed by atoms with Gasteiger partial charge < -0.3 is 18.8 Å². The van der Waals surface area contributed by atoms with Crippen LogP contribution >= 0.6 is 34.5 Å². The van der Waals surface area contributed by atoms with Crippen molar-refractivity contribution in [1.82, 2.24) is 10.3 Å². The van der Waals surface area contributed by atoms with E-state index in [4.69, 9.17) is 36.9 Å². The average molecular weight is 528 g/mol. The van der Waals surface area contributed by atoms with Gasteiger partial charge in [-0.2, -0.15) is 5.10 Å².